The lowest BCUT2D eigenvalue weighted by Gasteiger charge is -2.28. The van der Waals surface area contributed by atoms with Crippen molar-refractivity contribution in [3.63, 3.8) is 0 Å². The standard InChI is InChI=1S/C17H22N2O3/c1-5-9-19-13(11-7-6-8-18-10-11)12(14(20)16(19)22)15(21)17(2,3)4/h6-8,10,13,20H,5,9H2,1-4H3. The molecule has 0 radical (unpaired) electrons. The second-order valence-corrected chi connectivity index (χ2v) is 6.53. The van der Waals surface area contributed by atoms with Gasteiger partial charge >= 0.3 is 0 Å². The zero-order valence-electron chi connectivity index (χ0n) is 13.5. The number of pyridine rings is 1. The third kappa shape index (κ3) is 2.75. The van der Waals surface area contributed by atoms with E-state index >= 15 is 0 Å². The summed E-state index contributed by atoms with van der Waals surface area (Å²) < 4.78 is 0. The van der Waals surface area contributed by atoms with Crippen molar-refractivity contribution in [2.45, 2.75) is 40.2 Å². The molecule has 2 heterocycles. The molecule has 0 bridgehead atoms. The Morgan fingerprint density at radius 2 is 2.09 bits per heavy atom. The topological polar surface area (TPSA) is 70.5 Å². The minimum absolute atomic E-state index is 0.180. The number of hydrogen-bond acceptors (Lipinski definition) is 4. The second kappa shape index (κ2) is 5.91. The Bertz CT molecular complexity index is 615. The van der Waals surface area contributed by atoms with Crippen LogP contribution in [0.2, 0.25) is 0 Å². The van der Waals surface area contributed by atoms with Crippen molar-refractivity contribution in [2.75, 3.05) is 6.54 Å². The molecule has 1 aliphatic rings. The van der Waals surface area contributed by atoms with Crippen LogP contribution in [0, 0.1) is 5.41 Å². The van der Waals surface area contributed by atoms with Gasteiger partial charge in [-0.2, -0.15) is 0 Å². The van der Waals surface area contributed by atoms with E-state index in [1.807, 2.05) is 13.0 Å². The molecule has 1 aliphatic heterocycles. The molecule has 118 valence electrons. The van der Waals surface area contributed by atoms with Crippen LogP contribution in [0.1, 0.15) is 45.7 Å². The smallest absolute Gasteiger partial charge is 0.290 e. The number of aliphatic hydroxyl groups is 1. The van der Waals surface area contributed by atoms with Crippen LogP contribution in [-0.4, -0.2) is 33.2 Å². The van der Waals surface area contributed by atoms with E-state index in [9.17, 15) is 14.7 Å². The number of aliphatic hydroxyl groups excluding tert-OH is 1. The molecule has 1 aromatic rings. The number of carbonyl (C=O) groups is 2. The first-order valence-corrected chi connectivity index (χ1v) is 7.47. The van der Waals surface area contributed by atoms with Crippen LogP contribution in [0.25, 0.3) is 0 Å². The Hall–Kier alpha value is -2.17. The largest absolute Gasteiger partial charge is 0.503 e. The first kappa shape index (κ1) is 16.2. The number of ketones is 1. The van der Waals surface area contributed by atoms with Gasteiger partial charge in [0.15, 0.2) is 11.5 Å². The summed E-state index contributed by atoms with van der Waals surface area (Å²) in [5.74, 6) is -1.13. The van der Waals surface area contributed by atoms with E-state index in [1.165, 1.54) is 0 Å². The van der Waals surface area contributed by atoms with Crippen molar-refractivity contribution in [3.05, 3.63) is 41.4 Å². The molecule has 0 spiro atoms. The monoisotopic (exact) mass is 302 g/mol. The van der Waals surface area contributed by atoms with E-state index in [-0.39, 0.29) is 11.4 Å². The number of hydrogen-bond donors (Lipinski definition) is 1. The van der Waals surface area contributed by atoms with Gasteiger partial charge in [0, 0.05) is 24.4 Å². The van der Waals surface area contributed by atoms with Gasteiger partial charge in [0.2, 0.25) is 0 Å². The fraction of sp³-hybridized carbons (Fsp3) is 0.471. The summed E-state index contributed by atoms with van der Waals surface area (Å²) in [6, 6.07) is 3.02. The molecule has 5 heteroatoms. The molecule has 0 aliphatic carbocycles. The lowest BCUT2D eigenvalue weighted by atomic mass is 9.82. The van der Waals surface area contributed by atoms with Crippen molar-refractivity contribution >= 4 is 11.7 Å². The first-order valence-electron chi connectivity index (χ1n) is 7.47. The van der Waals surface area contributed by atoms with Crippen LogP contribution < -0.4 is 0 Å². The first-order chi connectivity index (χ1) is 10.3. The number of carbonyl (C=O) groups excluding carboxylic acids is 2. The molecule has 0 fully saturated rings. The number of rotatable bonds is 4. The van der Waals surface area contributed by atoms with Gasteiger partial charge in [-0.05, 0) is 18.1 Å². The molecule has 1 unspecified atom stereocenters. The normalized spacial score (nSPS) is 19.0. The molecule has 5 nitrogen and oxygen atoms in total. The highest BCUT2D eigenvalue weighted by Gasteiger charge is 2.45. The highest BCUT2D eigenvalue weighted by Crippen LogP contribution is 2.40. The maximum absolute atomic E-state index is 12.7. The molecule has 1 amide bonds. The molecule has 1 aromatic heterocycles. The van der Waals surface area contributed by atoms with Crippen LogP contribution in [0.4, 0.5) is 0 Å². The highest BCUT2D eigenvalue weighted by molar-refractivity contribution is 6.10. The van der Waals surface area contributed by atoms with Gasteiger partial charge < -0.3 is 10.0 Å². The van der Waals surface area contributed by atoms with Crippen LogP contribution >= 0.6 is 0 Å². The third-order valence-corrected chi connectivity index (χ3v) is 3.69. The van der Waals surface area contributed by atoms with Crippen molar-refractivity contribution in [3.8, 4) is 0 Å². The molecule has 1 N–H and O–H groups in total. The van der Waals surface area contributed by atoms with Gasteiger partial charge in [0.05, 0.1) is 11.6 Å². The Labute approximate surface area is 130 Å². The molecular formula is C17H22N2O3. The van der Waals surface area contributed by atoms with Crippen LogP contribution in [0.15, 0.2) is 35.9 Å². The summed E-state index contributed by atoms with van der Waals surface area (Å²) in [7, 11) is 0. The maximum atomic E-state index is 12.7. The fourth-order valence-corrected chi connectivity index (χ4v) is 2.65. The minimum atomic E-state index is -0.674. The molecule has 1 atom stereocenters. The Kier molecular flexibility index (Phi) is 4.35. The fourth-order valence-electron chi connectivity index (χ4n) is 2.65. The second-order valence-electron chi connectivity index (χ2n) is 6.53. The van der Waals surface area contributed by atoms with E-state index in [1.54, 1.807) is 44.1 Å². The Morgan fingerprint density at radius 3 is 2.59 bits per heavy atom. The van der Waals surface area contributed by atoms with Crippen molar-refractivity contribution < 1.29 is 14.7 Å². The van der Waals surface area contributed by atoms with Crippen molar-refractivity contribution in [2.24, 2.45) is 5.41 Å². The summed E-state index contributed by atoms with van der Waals surface area (Å²) >= 11 is 0. The summed E-state index contributed by atoms with van der Waals surface area (Å²) in [4.78, 5) is 30.7. The number of aromatic nitrogens is 1. The lowest BCUT2D eigenvalue weighted by molar-refractivity contribution is -0.129. The minimum Gasteiger partial charge on any atom is -0.503 e. The van der Waals surface area contributed by atoms with Crippen molar-refractivity contribution in [1.82, 2.24) is 9.88 Å². The quantitative estimate of drug-likeness (QED) is 0.928. The average molecular weight is 302 g/mol. The van der Waals surface area contributed by atoms with Gasteiger partial charge in [0.1, 0.15) is 0 Å². The third-order valence-electron chi connectivity index (χ3n) is 3.69. The molecule has 0 saturated heterocycles. The SMILES string of the molecule is CCCN1C(=O)C(O)=C(C(=O)C(C)(C)C)C1c1cccnc1. The van der Waals surface area contributed by atoms with Gasteiger partial charge in [-0.1, -0.05) is 33.8 Å². The number of nitrogens with zero attached hydrogens (tertiary/aromatic N) is 2. The van der Waals surface area contributed by atoms with Crippen LogP contribution in [-0.2, 0) is 9.59 Å². The van der Waals surface area contributed by atoms with Crippen LogP contribution in [0.5, 0.6) is 0 Å². The summed E-state index contributed by atoms with van der Waals surface area (Å²) in [5, 5.41) is 10.3. The van der Waals surface area contributed by atoms with Crippen molar-refractivity contribution in [1.29, 1.82) is 0 Å². The number of amides is 1. The van der Waals surface area contributed by atoms with Gasteiger partial charge in [-0.25, -0.2) is 0 Å². The van der Waals surface area contributed by atoms with E-state index in [0.29, 0.717) is 6.54 Å². The zero-order chi connectivity index (χ0) is 16.5. The predicted octanol–water partition coefficient (Wildman–Crippen LogP) is 2.80. The zero-order valence-corrected chi connectivity index (χ0v) is 13.5. The molecule has 2 rings (SSSR count). The number of Topliss-reactive ketones (excluding diaryl/α,β-unsaturated/α-hetero) is 1. The van der Waals surface area contributed by atoms with Gasteiger partial charge in [0.25, 0.3) is 5.91 Å². The molecule has 22 heavy (non-hydrogen) atoms. The molecule has 0 aromatic carbocycles. The Balaban J connectivity index is 2.56. The highest BCUT2D eigenvalue weighted by atomic mass is 16.3. The summed E-state index contributed by atoms with van der Waals surface area (Å²) in [6.07, 6.45) is 4.02. The summed E-state index contributed by atoms with van der Waals surface area (Å²) in [6.45, 7) is 7.77. The van der Waals surface area contributed by atoms with E-state index in [0.717, 1.165) is 12.0 Å². The van der Waals surface area contributed by atoms with E-state index in [4.69, 9.17) is 0 Å². The average Bonchev–Trinajstić information content (AvgIpc) is 2.71. The van der Waals surface area contributed by atoms with Gasteiger partial charge in [-0.15, -0.1) is 0 Å². The van der Waals surface area contributed by atoms with E-state index < -0.39 is 23.1 Å². The van der Waals surface area contributed by atoms with E-state index in [2.05, 4.69) is 4.98 Å². The molecular weight excluding hydrogens is 280 g/mol. The van der Waals surface area contributed by atoms with Crippen LogP contribution in [0.3, 0.4) is 0 Å². The summed E-state index contributed by atoms with van der Waals surface area (Å²) in [5.41, 5.74) is 0.242. The maximum Gasteiger partial charge on any atom is 0.290 e. The molecule has 0 saturated carbocycles. The lowest BCUT2D eigenvalue weighted by Crippen LogP contribution is -2.33. The Morgan fingerprint density at radius 1 is 1.41 bits per heavy atom. The predicted molar refractivity (Wildman–Crippen MR) is 83.1 cm³/mol. The van der Waals surface area contributed by atoms with Gasteiger partial charge in [-0.3, -0.25) is 14.6 Å².